The van der Waals surface area contributed by atoms with Gasteiger partial charge < -0.3 is 20.0 Å². The summed E-state index contributed by atoms with van der Waals surface area (Å²) >= 11 is 0. The van der Waals surface area contributed by atoms with Crippen LogP contribution in [0.4, 0.5) is 4.79 Å². The second-order valence-electron chi connectivity index (χ2n) is 5.35. The Kier molecular flexibility index (Phi) is 6.27. The van der Waals surface area contributed by atoms with Crippen molar-refractivity contribution in [3.05, 3.63) is 24.2 Å². The number of hydrogen-bond donors (Lipinski definition) is 2. The molecule has 0 radical (unpaired) electrons. The smallest absolute Gasteiger partial charge is 0.317 e. The molecule has 0 spiro atoms. The lowest BCUT2D eigenvalue weighted by atomic mass is 10.3. The number of furan rings is 1. The number of rotatable bonds is 6. The highest BCUT2D eigenvalue weighted by atomic mass is 16.3. The second-order valence-corrected chi connectivity index (χ2v) is 5.35. The molecular weight excluding hydrogens is 284 g/mol. The molecule has 22 heavy (non-hydrogen) atoms. The van der Waals surface area contributed by atoms with Crippen LogP contribution in [0.1, 0.15) is 19.1 Å². The summed E-state index contributed by atoms with van der Waals surface area (Å²) in [5.41, 5.74) is 0. The topological polar surface area (TPSA) is 77.8 Å². The van der Waals surface area contributed by atoms with Crippen LogP contribution in [-0.4, -0.2) is 61.0 Å². The van der Waals surface area contributed by atoms with Gasteiger partial charge in [0.05, 0.1) is 19.4 Å². The molecule has 1 fully saturated rings. The van der Waals surface area contributed by atoms with Crippen LogP contribution in [0.25, 0.3) is 0 Å². The lowest BCUT2D eigenvalue weighted by Crippen LogP contribution is -2.53. The van der Waals surface area contributed by atoms with Crippen LogP contribution in [0, 0.1) is 0 Å². The summed E-state index contributed by atoms with van der Waals surface area (Å²) < 4.78 is 5.18. The van der Waals surface area contributed by atoms with Gasteiger partial charge in [0.2, 0.25) is 5.91 Å². The van der Waals surface area contributed by atoms with E-state index in [1.165, 1.54) is 0 Å². The zero-order chi connectivity index (χ0) is 15.8. The summed E-state index contributed by atoms with van der Waals surface area (Å²) in [5, 5.41) is 5.70. The van der Waals surface area contributed by atoms with Gasteiger partial charge in [-0.15, -0.1) is 0 Å². The van der Waals surface area contributed by atoms with E-state index in [1.807, 2.05) is 13.0 Å². The molecule has 2 N–H and O–H groups in total. The van der Waals surface area contributed by atoms with Crippen molar-refractivity contribution in [3.8, 4) is 0 Å². The van der Waals surface area contributed by atoms with Crippen LogP contribution in [-0.2, 0) is 11.3 Å². The van der Waals surface area contributed by atoms with E-state index < -0.39 is 0 Å². The molecule has 0 aromatic carbocycles. The van der Waals surface area contributed by atoms with Crippen molar-refractivity contribution in [1.82, 2.24) is 20.4 Å². The number of urea groups is 1. The van der Waals surface area contributed by atoms with E-state index in [0.717, 1.165) is 12.2 Å². The van der Waals surface area contributed by atoms with Crippen molar-refractivity contribution in [1.29, 1.82) is 0 Å². The van der Waals surface area contributed by atoms with Gasteiger partial charge in [-0.05, 0) is 18.6 Å². The Bertz CT molecular complexity index is 467. The molecular formula is C15H24N4O3. The Hall–Kier alpha value is -2.02. The van der Waals surface area contributed by atoms with Gasteiger partial charge in [0.15, 0.2) is 0 Å². The molecule has 2 rings (SSSR count). The SMILES string of the molecule is CCCNC(=O)CN1CCN(C(=O)NCc2ccco2)CC1. The maximum absolute atomic E-state index is 12.0. The number of carbonyl (C=O) groups excluding carboxylic acids is 2. The first-order valence-electron chi connectivity index (χ1n) is 7.73. The number of amides is 3. The number of nitrogens with one attached hydrogen (secondary N) is 2. The highest BCUT2D eigenvalue weighted by Gasteiger charge is 2.22. The predicted molar refractivity (Wildman–Crippen MR) is 82.3 cm³/mol. The number of nitrogens with zero attached hydrogens (tertiary/aromatic N) is 2. The van der Waals surface area contributed by atoms with Crippen LogP contribution in [0.2, 0.25) is 0 Å². The van der Waals surface area contributed by atoms with E-state index in [-0.39, 0.29) is 11.9 Å². The Morgan fingerprint density at radius 3 is 2.64 bits per heavy atom. The number of carbonyl (C=O) groups is 2. The largest absolute Gasteiger partial charge is 0.467 e. The average Bonchev–Trinajstić information content (AvgIpc) is 3.05. The summed E-state index contributed by atoms with van der Waals surface area (Å²) in [6.45, 7) is 6.24. The molecule has 1 aliphatic rings. The van der Waals surface area contributed by atoms with Crippen molar-refractivity contribution >= 4 is 11.9 Å². The van der Waals surface area contributed by atoms with E-state index in [0.29, 0.717) is 45.8 Å². The van der Waals surface area contributed by atoms with Gasteiger partial charge >= 0.3 is 6.03 Å². The highest BCUT2D eigenvalue weighted by Crippen LogP contribution is 2.03. The van der Waals surface area contributed by atoms with E-state index in [4.69, 9.17) is 4.42 Å². The first kappa shape index (κ1) is 16.4. The minimum Gasteiger partial charge on any atom is -0.467 e. The maximum atomic E-state index is 12.0. The summed E-state index contributed by atoms with van der Waals surface area (Å²) in [5.74, 6) is 0.789. The van der Waals surface area contributed by atoms with Crippen LogP contribution < -0.4 is 10.6 Å². The minimum absolute atomic E-state index is 0.0533. The average molecular weight is 308 g/mol. The van der Waals surface area contributed by atoms with Crippen molar-refractivity contribution in [3.63, 3.8) is 0 Å². The van der Waals surface area contributed by atoms with Crippen molar-refractivity contribution in [2.24, 2.45) is 0 Å². The van der Waals surface area contributed by atoms with Gasteiger partial charge in [-0.2, -0.15) is 0 Å². The molecule has 1 saturated heterocycles. The molecule has 1 aromatic heterocycles. The zero-order valence-corrected chi connectivity index (χ0v) is 13.0. The Morgan fingerprint density at radius 2 is 2.00 bits per heavy atom. The molecule has 122 valence electrons. The minimum atomic E-state index is -0.0912. The summed E-state index contributed by atoms with van der Waals surface area (Å²) in [7, 11) is 0. The Balaban J connectivity index is 1.65. The summed E-state index contributed by atoms with van der Waals surface area (Å²) in [4.78, 5) is 27.5. The molecule has 1 aromatic rings. The molecule has 7 nitrogen and oxygen atoms in total. The first-order chi connectivity index (χ1) is 10.7. The molecule has 2 heterocycles. The standard InChI is InChI=1S/C15H24N4O3/c1-2-5-16-14(20)12-18-6-8-19(9-7-18)15(21)17-11-13-4-3-10-22-13/h3-4,10H,2,5-9,11-12H2,1H3,(H,16,20)(H,17,21). The second kappa shape index (κ2) is 8.43. The third-order valence-corrected chi connectivity index (χ3v) is 3.59. The van der Waals surface area contributed by atoms with E-state index >= 15 is 0 Å². The van der Waals surface area contributed by atoms with Gasteiger partial charge in [0.1, 0.15) is 5.76 Å². The fourth-order valence-corrected chi connectivity index (χ4v) is 2.32. The van der Waals surface area contributed by atoms with Gasteiger partial charge in [-0.1, -0.05) is 6.92 Å². The maximum Gasteiger partial charge on any atom is 0.317 e. The number of hydrogen-bond acceptors (Lipinski definition) is 4. The lowest BCUT2D eigenvalue weighted by molar-refractivity contribution is -0.122. The monoisotopic (exact) mass is 308 g/mol. The third-order valence-electron chi connectivity index (χ3n) is 3.59. The molecule has 0 bridgehead atoms. The summed E-state index contributed by atoms with van der Waals surface area (Å²) in [6, 6.07) is 3.53. The van der Waals surface area contributed by atoms with Crippen LogP contribution in [0.3, 0.4) is 0 Å². The lowest BCUT2D eigenvalue weighted by Gasteiger charge is -2.34. The fourth-order valence-electron chi connectivity index (χ4n) is 2.32. The molecule has 0 aliphatic carbocycles. The Morgan fingerprint density at radius 1 is 1.23 bits per heavy atom. The van der Waals surface area contributed by atoms with E-state index in [2.05, 4.69) is 15.5 Å². The van der Waals surface area contributed by atoms with Gasteiger partial charge in [0, 0.05) is 32.7 Å². The normalized spacial score (nSPS) is 15.6. The highest BCUT2D eigenvalue weighted by molar-refractivity contribution is 5.78. The zero-order valence-electron chi connectivity index (χ0n) is 13.0. The fraction of sp³-hybridized carbons (Fsp3) is 0.600. The molecule has 0 atom stereocenters. The van der Waals surface area contributed by atoms with Gasteiger partial charge in [-0.3, -0.25) is 9.69 Å². The van der Waals surface area contributed by atoms with Crippen LogP contribution >= 0.6 is 0 Å². The summed E-state index contributed by atoms with van der Waals surface area (Å²) in [6.07, 6.45) is 2.53. The molecule has 0 unspecified atom stereocenters. The quantitative estimate of drug-likeness (QED) is 0.808. The molecule has 1 aliphatic heterocycles. The molecule has 0 saturated carbocycles. The predicted octanol–water partition coefficient (Wildman–Crippen LogP) is 0.633. The first-order valence-corrected chi connectivity index (χ1v) is 7.73. The van der Waals surface area contributed by atoms with Crippen LogP contribution in [0.15, 0.2) is 22.8 Å². The van der Waals surface area contributed by atoms with Gasteiger partial charge in [0.25, 0.3) is 0 Å². The Labute approximate surface area is 130 Å². The van der Waals surface area contributed by atoms with E-state index in [1.54, 1.807) is 17.2 Å². The third kappa shape index (κ3) is 5.07. The van der Waals surface area contributed by atoms with Crippen LogP contribution in [0.5, 0.6) is 0 Å². The molecule has 3 amide bonds. The van der Waals surface area contributed by atoms with Crippen molar-refractivity contribution in [2.75, 3.05) is 39.3 Å². The number of piperazine rings is 1. The van der Waals surface area contributed by atoms with E-state index in [9.17, 15) is 9.59 Å². The van der Waals surface area contributed by atoms with Gasteiger partial charge in [-0.25, -0.2) is 4.79 Å². The van der Waals surface area contributed by atoms with Crippen molar-refractivity contribution in [2.45, 2.75) is 19.9 Å². The van der Waals surface area contributed by atoms with Crippen molar-refractivity contribution < 1.29 is 14.0 Å². The molecule has 7 heteroatoms.